The van der Waals surface area contributed by atoms with Crippen molar-refractivity contribution in [3.63, 3.8) is 0 Å². The van der Waals surface area contributed by atoms with E-state index < -0.39 is 0 Å². The molecule has 1 aromatic heterocycles. The summed E-state index contributed by atoms with van der Waals surface area (Å²) in [6.45, 7) is 1.33. The standard InChI is InChI=1S/C12H15N5O2/c13-15-12(9-7-14-17-16-9)8-2-3-10-11(6-8)19-5-1-4-18-10/h2-3,6-7,12,15H,1,4-5,13H2,(H,14,16,17). The number of benzene rings is 1. The van der Waals surface area contributed by atoms with Gasteiger partial charge in [0.15, 0.2) is 11.5 Å². The normalized spacial score (nSPS) is 15.8. The summed E-state index contributed by atoms with van der Waals surface area (Å²) in [5, 5.41) is 10.4. The Morgan fingerprint density at radius 2 is 2.11 bits per heavy atom. The minimum absolute atomic E-state index is 0.240. The van der Waals surface area contributed by atoms with Gasteiger partial charge in [0, 0.05) is 6.42 Å². The molecule has 3 rings (SSSR count). The van der Waals surface area contributed by atoms with Crippen LogP contribution in [0.2, 0.25) is 0 Å². The van der Waals surface area contributed by atoms with Crippen molar-refractivity contribution < 1.29 is 9.47 Å². The molecule has 2 heterocycles. The molecule has 4 N–H and O–H groups in total. The lowest BCUT2D eigenvalue weighted by atomic mass is 10.0. The van der Waals surface area contributed by atoms with E-state index in [1.54, 1.807) is 6.20 Å². The average Bonchev–Trinajstić information content (AvgIpc) is 2.85. The van der Waals surface area contributed by atoms with Crippen LogP contribution in [-0.4, -0.2) is 28.6 Å². The lowest BCUT2D eigenvalue weighted by molar-refractivity contribution is 0.297. The largest absolute Gasteiger partial charge is 0.490 e. The van der Waals surface area contributed by atoms with Crippen LogP contribution in [0.15, 0.2) is 24.4 Å². The third kappa shape index (κ3) is 2.38. The number of nitrogens with zero attached hydrogens (tertiary/aromatic N) is 2. The highest BCUT2D eigenvalue weighted by molar-refractivity contribution is 5.45. The first-order chi connectivity index (χ1) is 9.38. The summed E-state index contributed by atoms with van der Waals surface area (Å²) in [5.41, 5.74) is 4.39. The molecule has 0 fully saturated rings. The van der Waals surface area contributed by atoms with Crippen molar-refractivity contribution in [1.82, 2.24) is 20.8 Å². The maximum atomic E-state index is 5.66. The molecule has 19 heavy (non-hydrogen) atoms. The quantitative estimate of drug-likeness (QED) is 0.550. The highest BCUT2D eigenvalue weighted by Gasteiger charge is 2.18. The van der Waals surface area contributed by atoms with Gasteiger partial charge in [0.25, 0.3) is 0 Å². The van der Waals surface area contributed by atoms with Gasteiger partial charge in [-0.05, 0) is 17.7 Å². The second-order valence-electron chi connectivity index (χ2n) is 4.25. The number of hydrogen-bond donors (Lipinski definition) is 3. The van der Waals surface area contributed by atoms with Crippen LogP contribution in [0.5, 0.6) is 11.5 Å². The Balaban J connectivity index is 1.94. The van der Waals surface area contributed by atoms with Crippen LogP contribution in [0.3, 0.4) is 0 Å². The fourth-order valence-corrected chi connectivity index (χ4v) is 2.06. The Labute approximate surface area is 110 Å². The van der Waals surface area contributed by atoms with E-state index >= 15 is 0 Å². The number of ether oxygens (including phenoxy) is 2. The van der Waals surface area contributed by atoms with Gasteiger partial charge in [-0.1, -0.05) is 6.07 Å². The zero-order valence-electron chi connectivity index (χ0n) is 10.3. The van der Waals surface area contributed by atoms with Gasteiger partial charge in [-0.15, -0.1) is 0 Å². The number of aromatic amines is 1. The second-order valence-corrected chi connectivity index (χ2v) is 4.25. The molecular weight excluding hydrogens is 246 g/mol. The van der Waals surface area contributed by atoms with Crippen LogP contribution in [0.1, 0.15) is 23.7 Å². The Hall–Kier alpha value is -2.12. The Morgan fingerprint density at radius 3 is 2.84 bits per heavy atom. The summed E-state index contributed by atoms with van der Waals surface area (Å²) < 4.78 is 11.3. The van der Waals surface area contributed by atoms with E-state index in [9.17, 15) is 0 Å². The summed E-state index contributed by atoms with van der Waals surface area (Å²) in [5.74, 6) is 7.10. The zero-order valence-corrected chi connectivity index (χ0v) is 10.3. The van der Waals surface area contributed by atoms with E-state index in [1.807, 2.05) is 18.2 Å². The average molecular weight is 261 g/mol. The molecular formula is C12H15N5O2. The molecule has 7 heteroatoms. The summed E-state index contributed by atoms with van der Waals surface area (Å²) in [7, 11) is 0. The Bertz CT molecular complexity index is 543. The van der Waals surface area contributed by atoms with Crippen molar-refractivity contribution in [2.24, 2.45) is 5.84 Å². The van der Waals surface area contributed by atoms with Crippen molar-refractivity contribution in [2.75, 3.05) is 13.2 Å². The van der Waals surface area contributed by atoms with E-state index in [0.29, 0.717) is 13.2 Å². The molecule has 1 aliphatic rings. The van der Waals surface area contributed by atoms with Gasteiger partial charge >= 0.3 is 0 Å². The summed E-state index contributed by atoms with van der Waals surface area (Å²) in [6.07, 6.45) is 2.51. The number of H-pyrrole nitrogens is 1. The molecule has 0 aliphatic carbocycles. The Kier molecular flexibility index (Phi) is 3.30. The van der Waals surface area contributed by atoms with Crippen molar-refractivity contribution in [3.05, 3.63) is 35.7 Å². The molecule has 0 saturated carbocycles. The van der Waals surface area contributed by atoms with Gasteiger partial charge in [0.1, 0.15) is 5.69 Å². The molecule has 7 nitrogen and oxygen atoms in total. The maximum Gasteiger partial charge on any atom is 0.161 e. The van der Waals surface area contributed by atoms with Gasteiger partial charge < -0.3 is 9.47 Å². The van der Waals surface area contributed by atoms with E-state index in [1.165, 1.54) is 0 Å². The number of nitrogens with one attached hydrogen (secondary N) is 2. The molecule has 0 spiro atoms. The van der Waals surface area contributed by atoms with E-state index in [2.05, 4.69) is 20.8 Å². The fraction of sp³-hybridized carbons (Fsp3) is 0.333. The van der Waals surface area contributed by atoms with Crippen LogP contribution in [0, 0.1) is 0 Å². The molecule has 1 unspecified atom stereocenters. The van der Waals surface area contributed by atoms with Crippen molar-refractivity contribution in [2.45, 2.75) is 12.5 Å². The summed E-state index contributed by atoms with van der Waals surface area (Å²) >= 11 is 0. The molecule has 1 aliphatic heterocycles. The van der Waals surface area contributed by atoms with Crippen molar-refractivity contribution >= 4 is 0 Å². The SMILES string of the molecule is NNC(c1ccc2c(c1)OCCCO2)c1cn[nH]n1. The molecule has 100 valence electrons. The van der Waals surface area contributed by atoms with Gasteiger partial charge in [0.2, 0.25) is 0 Å². The van der Waals surface area contributed by atoms with Crippen molar-refractivity contribution in [3.8, 4) is 11.5 Å². The lowest BCUT2D eigenvalue weighted by Crippen LogP contribution is -2.29. The Morgan fingerprint density at radius 1 is 1.26 bits per heavy atom. The van der Waals surface area contributed by atoms with Crippen LogP contribution in [0.25, 0.3) is 0 Å². The third-order valence-electron chi connectivity index (χ3n) is 3.00. The van der Waals surface area contributed by atoms with E-state index in [4.69, 9.17) is 15.3 Å². The molecule has 1 aromatic carbocycles. The third-order valence-corrected chi connectivity index (χ3v) is 3.00. The zero-order chi connectivity index (χ0) is 13.1. The van der Waals surface area contributed by atoms with Gasteiger partial charge in [0.05, 0.1) is 25.5 Å². The van der Waals surface area contributed by atoms with Gasteiger partial charge in [-0.3, -0.25) is 5.84 Å². The number of rotatable bonds is 3. The topological polar surface area (TPSA) is 98.1 Å². The highest BCUT2D eigenvalue weighted by Crippen LogP contribution is 2.33. The maximum absolute atomic E-state index is 5.66. The summed E-state index contributed by atoms with van der Waals surface area (Å²) in [6, 6.07) is 5.50. The predicted molar refractivity (Wildman–Crippen MR) is 67.6 cm³/mol. The molecule has 1 atom stereocenters. The van der Waals surface area contributed by atoms with E-state index in [-0.39, 0.29) is 6.04 Å². The molecule has 0 radical (unpaired) electrons. The van der Waals surface area contributed by atoms with Crippen molar-refractivity contribution in [1.29, 1.82) is 0 Å². The molecule has 0 bridgehead atoms. The molecule has 2 aromatic rings. The number of hydrazine groups is 1. The van der Waals surface area contributed by atoms with Gasteiger partial charge in [-0.2, -0.15) is 15.4 Å². The number of nitrogens with two attached hydrogens (primary N) is 1. The fourth-order valence-electron chi connectivity index (χ4n) is 2.06. The van der Waals surface area contributed by atoms with E-state index in [0.717, 1.165) is 29.2 Å². The predicted octanol–water partition coefficient (Wildman–Crippen LogP) is 0.519. The first kappa shape index (κ1) is 11.9. The minimum Gasteiger partial charge on any atom is -0.490 e. The first-order valence-electron chi connectivity index (χ1n) is 6.10. The first-order valence-corrected chi connectivity index (χ1v) is 6.10. The van der Waals surface area contributed by atoms with Crippen LogP contribution in [0.4, 0.5) is 0 Å². The van der Waals surface area contributed by atoms with Gasteiger partial charge in [-0.25, -0.2) is 5.43 Å². The number of hydrogen-bond acceptors (Lipinski definition) is 6. The number of fused-ring (bicyclic) bond motifs is 1. The van der Waals surface area contributed by atoms with Crippen LogP contribution >= 0.6 is 0 Å². The lowest BCUT2D eigenvalue weighted by Gasteiger charge is -2.15. The minimum atomic E-state index is -0.240. The highest BCUT2D eigenvalue weighted by atomic mass is 16.5. The molecule has 0 amide bonds. The smallest absolute Gasteiger partial charge is 0.161 e. The summed E-state index contributed by atoms with van der Waals surface area (Å²) in [4.78, 5) is 0. The second kappa shape index (κ2) is 5.25. The van der Waals surface area contributed by atoms with Crippen LogP contribution in [-0.2, 0) is 0 Å². The molecule has 0 saturated heterocycles. The number of aromatic nitrogens is 3. The monoisotopic (exact) mass is 261 g/mol. The van der Waals surface area contributed by atoms with Crippen LogP contribution < -0.4 is 20.7 Å².